The topological polar surface area (TPSA) is 59.8 Å². The van der Waals surface area contributed by atoms with Gasteiger partial charge >= 0.3 is 0 Å². The van der Waals surface area contributed by atoms with Gasteiger partial charge in [-0.2, -0.15) is 4.98 Å². The van der Waals surface area contributed by atoms with Gasteiger partial charge in [0.1, 0.15) is 6.04 Å². The molecule has 2 aliphatic rings. The number of benzene rings is 2. The summed E-state index contributed by atoms with van der Waals surface area (Å²) >= 11 is 7.89. The molecule has 1 N–H and O–H groups in total. The third-order valence-electron chi connectivity index (χ3n) is 6.55. The summed E-state index contributed by atoms with van der Waals surface area (Å²) in [7, 11) is 0. The van der Waals surface area contributed by atoms with Crippen LogP contribution in [0.2, 0.25) is 5.02 Å². The van der Waals surface area contributed by atoms with Crippen LogP contribution < -0.4 is 5.32 Å². The lowest BCUT2D eigenvalue weighted by Gasteiger charge is -2.38. The van der Waals surface area contributed by atoms with Crippen LogP contribution in [-0.4, -0.2) is 20.5 Å². The first kappa shape index (κ1) is 23.2. The van der Waals surface area contributed by atoms with E-state index >= 15 is 0 Å². The van der Waals surface area contributed by atoms with Crippen molar-refractivity contribution in [3.63, 3.8) is 0 Å². The first-order chi connectivity index (χ1) is 16.2. The van der Waals surface area contributed by atoms with E-state index in [1.54, 1.807) is 11.8 Å². The number of allylic oxidation sites excluding steroid dienone is 2. The maximum Gasteiger partial charge on any atom is 0.227 e. The Bertz CT molecular complexity index is 1280. The Kier molecular flexibility index (Phi) is 6.07. The van der Waals surface area contributed by atoms with Crippen LogP contribution in [0.3, 0.4) is 0 Å². The highest BCUT2D eigenvalue weighted by atomic mass is 35.5. The molecular weight excluding hydrogens is 464 g/mol. The largest absolute Gasteiger partial charge is 0.328 e. The number of carbonyl (C=O) groups excluding carboxylic acids is 1. The van der Waals surface area contributed by atoms with Crippen molar-refractivity contribution in [1.82, 2.24) is 14.8 Å². The molecule has 0 saturated carbocycles. The molecule has 1 aromatic heterocycles. The van der Waals surface area contributed by atoms with E-state index in [-0.39, 0.29) is 17.2 Å². The second kappa shape index (κ2) is 8.90. The quantitative estimate of drug-likeness (QED) is 0.388. The van der Waals surface area contributed by atoms with Crippen LogP contribution in [0, 0.1) is 5.41 Å². The average Bonchev–Trinajstić information content (AvgIpc) is 3.19. The first-order valence-electron chi connectivity index (χ1n) is 11.7. The minimum atomic E-state index is -0.279. The van der Waals surface area contributed by atoms with Crippen molar-refractivity contribution in [3.05, 3.63) is 81.5 Å². The highest BCUT2D eigenvalue weighted by molar-refractivity contribution is 7.98. The predicted molar refractivity (Wildman–Crippen MR) is 138 cm³/mol. The van der Waals surface area contributed by atoms with Gasteiger partial charge < -0.3 is 5.32 Å². The van der Waals surface area contributed by atoms with E-state index in [1.165, 1.54) is 5.56 Å². The highest BCUT2D eigenvalue weighted by Gasteiger charge is 2.41. The van der Waals surface area contributed by atoms with Gasteiger partial charge in [-0.05, 0) is 40.5 Å². The number of thioether (sulfide) groups is 1. The number of hydrogen-bond donors (Lipinski definition) is 1. The van der Waals surface area contributed by atoms with Crippen molar-refractivity contribution >= 4 is 35.1 Å². The van der Waals surface area contributed by atoms with Crippen molar-refractivity contribution in [3.8, 4) is 0 Å². The third-order valence-corrected chi connectivity index (χ3v) is 7.80. The molecule has 0 fully saturated rings. The maximum absolute atomic E-state index is 13.4. The van der Waals surface area contributed by atoms with E-state index in [4.69, 9.17) is 21.7 Å². The summed E-state index contributed by atoms with van der Waals surface area (Å²) in [6.07, 6.45) is 1.34. The third kappa shape index (κ3) is 4.41. The van der Waals surface area contributed by atoms with E-state index in [0.717, 1.165) is 33.8 Å². The van der Waals surface area contributed by atoms with Crippen molar-refractivity contribution in [1.29, 1.82) is 0 Å². The minimum absolute atomic E-state index is 0.0845. The summed E-state index contributed by atoms with van der Waals surface area (Å²) < 4.78 is 1.88. The number of ketones is 1. The molecule has 5 rings (SSSR count). The van der Waals surface area contributed by atoms with E-state index in [9.17, 15) is 4.79 Å². The second-order valence-corrected chi connectivity index (χ2v) is 11.6. The fourth-order valence-electron chi connectivity index (χ4n) is 4.78. The highest BCUT2D eigenvalue weighted by Crippen LogP contribution is 2.45. The normalized spacial score (nSPS) is 19.1. The Morgan fingerprint density at radius 2 is 1.88 bits per heavy atom. The number of aromatic nitrogens is 3. The van der Waals surface area contributed by atoms with Crippen molar-refractivity contribution < 1.29 is 4.79 Å². The molecule has 0 spiro atoms. The molecule has 0 saturated heterocycles. The molecule has 1 aliphatic heterocycles. The molecule has 0 bridgehead atoms. The Labute approximate surface area is 210 Å². The van der Waals surface area contributed by atoms with Crippen molar-refractivity contribution in [2.75, 3.05) is 5.32 Å². The monoisotopic (exact) mass is 492 g/mol. The smallest absolute Gasteiger partial charge is 0.227 e. The summed E-state index contributed by atoms with van der Waals surface area (Å²) in [4.78, 5) is 18.2. The molecule has 1 unspecified atom stereocenters. The van der Waals surface area contributed by atoms with Gasteiger partial charge in [0.25, 0.3) is 0 Å². The molecular formula is C27H29ClN4OS. The zero-order chi connectivity index (χ0) is 24.0. The summed E-state index contributed by atoms with van der Waals surface area (Å²) in [5, 5.41) is 9.71. The number of nitrogens with one attached hydrogen (secondary N) is 1. The number of hydrogen-bond acceptors (Lipinski definition) is 5. The minimum Gasteiger partial charge on any atom is -0.328 e. The predicted octanol–water partition coefficient (Wildman–Crippen LogP) is 7.01. The zero-order valence-electron chi connectivity index (χ0n) is 19.9. The van der Waals surface area contributed by atoms with Gasteiger partial charge in [0, 0.05) is 28.5 Å². The molecule has 3 aromatic rings. The van der Waals surface area contributed by atoms with E-state index in [0.29, 0.717) is 29.2 Å². The van der Waals surface area contributed by atoms with E-state index in [1.807, 2.05) is 28.9 Å². The molecule has 1 aliphatic carbocycles. The molecule has 5 nitrogen and oxygen atoms in total. The van der Waals surface area contributed by atoms with Gasteiger partial charge in [-0.15, -0.1) is 5.10 Å². The van der Waals surface area contributed by atoms with Crippen LogP contribution in [-0.2, 0) is 10.5 Å². The lowest BCUT2D eigenvalue weighted by molar-refractivity contribution is -0.118. The van der Waals surface area contributed by atoms with Gasteiger partial charge in [-0.25, -0.2) is 4.68 Å². The van der Waals surface area contributed by atoms with Crippen molar-refractivity contribution in [2.45, 2.75) is 63.4 Å². The van der Waals surface area contributed by atoms with Crippen LogP contribution in [0.1, 0.15) is 69.2 Å². The molecule has 7 heteroatoms. The Morgan fingerprint density at radius 3 is 2.59 bits per heavy atom. The Hall–Kier alpha value is -2.57. The SMILES string of the molecule is CC(C)c1ccc(C2C3=C(CC(C)(C)CC3=O)Nc3nc(SCc4ccccc4Cl)nn32)cc1. The number of rotatable bonds is 5. The second-order valence-electron chi connectivity index (χ2n) is 10.2. The van der Waals surface area contributed by atoms with Crippen LogP contribution in [0.25, 0.3) is 0 Å². The Balaban J connectivity index is 1.53. The lowest BCUT2D eigenvalue weighted by atomic mass is 9.73. The zero-order valence-corrected chi connectivity index (χ0v) is 21.5. The fraction of sp³-hybridized carbons (Fsp3) is 0.370. The average molecular weight is 493 g/mol. The van der Waals surface area contributed by atoms with Crippen LogP contribution in [0.15, 0.2) is 65.0 Å². The first-order valence-corrected chi connectivity index (χ1v) is 13.0. The molecule has 1 atom stereocenters. The molecule has 176 valence electrons. The van der Waals surface area contributed by atoms with Crippen LogP contribution in [0.5, 0.6) is 0 Å². The number of halogens is 1. The summed E-state index contributed by atoms with van der Waals surface area (Å²) in [6.45, 7) is 8.66. The number of nitrogens with zero attached hydrogens (tertiary/aromatic N) is 3. The van der Waals surface area contributed by atoms with Crippen LogP contribution >= 0.6 is 23.4 Å². The summed E-state index contributed by atoms with van der Waals surface area (Å²) in [5.74, 6) is 1.99. The standard InChI is InChI=1S/C27H29ClN4OS/c1-16(2)17-9-11-18(12-10-17)24-23-21(13-27(3,4)14-22(23)33)29-25-30-26(31-32(24)25)34-15-19-7-5-6-8-20(19)28/h5-12,16,24H,13-15H2,1-4H3,(H,29,30,31). The number of Topliss-reactive ketones (excluding diaryl/α,β-unsaturated/α-hetero) is 1. The summed E-state index contributed by atoms with van der Waals surface area (Å²) in [6, 6.07) is 16.1. The Morgan fingerprint density at radius 1 is 1.15 bits per heavy atom. The van der Waals surface area contributed by atoms with Crippen molar-refractivity contribution in [2.24, 2.45) is 5.41 Å². The number of anilines is 1. The maximum atomic E-state index is 13.4. The van der Waals surface area contributed by atoms with Gasteiger partial charge in [-0.3, -0.25) is 4.79 Å². The van der Waals surface area contributed by atoms with Gasteiger partial charge in [0.05, 0.1) is 0 Å². The number of carbonyl (C=O) groups is 1. The van der Waals surface area contributed by atoms with Crippen LogP contribution in [0.4, 0.5) is 5.95 Å². The molecule has 0 radical (unpaired) electrons. The summed E-state index contributed by atoms with van der Waals surface area (Å²) in [5.41, 5.74) is 5.08. The lowest BCUT2D eigenvalue weighted by Crippen LogP contribution is -2.36. The molecule has 0 amide bonds. The van der Waals surface area contributed by atoms with E-state index in [2.05, 4.69) is 57.3 Å². The fourth-order valence-corrected chi connectivity index (χ4v) is 5.89. The van der Waals surface area contributed by atoms with Gasteiger partial charge in [0.2, 0.25) is 11.1 Å². The molecule has 2 heterocycles. The van der Waals surface area contributed by atoms with E-state index < -0.39 is 0 Å². The molecule has 34 heavy (non-hydrogen) atoms. The van der Waals surface area contributed by atoms with Gasteiger partial charge in [0.15, 0.2) is 5.78 Å². The number of fused-ring (bicyclic) bond motifs is 1. The molecule has 2 aromatic carbocycles. The van der Waals surface area contributed by atoms with Gasteiger partial charge in [-0.1, -0.05) is 93.5 Å².